The lowest BCUT2D eigenvalue weighted by molar-refractivity contribution is -0.137. The number of hydrogen-bond donors (Lipinski definition) is 5. The highest BCUT2D eigenvalue weighted by Crippen LogP contribution is 2.34. The highest BCUT2D eigenvalue weighted by atomic mass is 16.6. The van der Waals surface area contributed by atoms with Crippen LogP contribution in [0.5, 0.6) is 0 Å². The van der Waals surface area contributed by atoms with Crippen molar-refractivity contribution in [3.8, 4) is 0 Å². The number of carboxylic acid groups (broad SMARTS) is 1. The molecule has 2 aromatic rings. The summed E-state index contributed by atoms with van der Waals surface area (Å²) < 4.78 is 12.7. The molecule has 2 aromatic heterocycles. The zero-order valence-corrected chi connectivity index (χ0v) is 15.0. The second-order valence-corrected chi connectivity index (χ2v) is 6.36. The number of nitrogen functional groups attached to an aromatic ring is 1. The number of carbonyl (C=O) groups is 1. The van der Waals surface area contributed by atoms with Gasteiger partial charge in [-0.3, -0.25) is 9.36 Å². The number of aliphatic hydroxyl groups is 2. The van der Waals surface area contributed by atoms with Crippen molar-refractivity contribution in [2.24, 2.45) is 5.73 Å². The average molecular weight is 394 g/mol. The Morgan fingerprint density at radius 2 is 2.14 bits per heavy atom. The van der Waals surface area contributed by atoms with Gasteiger partial charge in [-0.1, -0.05) is 12.2 Å². The number of hydrogen-bond acceptors (Lipinski definition) is 10. The molecule has 6 atom stereocenters. The van der Waals surface area contributed by atoms with Gasteiger partial charge in [0.25, 0.3) is 0 Å². The summed E-state index contributed by atoms with van der Waals surface area (Å²) in [6.07, 6.45) is 0.686. The van der Waals surface area contributed by atoms with E-state index in [4.69, 9.17) is 26.0 Å². The van der Waals surface area contributed by atoms with Gasteiger partial charge in [0.15, 0.2) is 17.7 Å². The summed E-state index contributed by atoms with van der Waals surface area (Å²) in [7, 11) is 1.42. The molecule has 1 saturated heterocycles. The highest BCUT2D eigenvalue weighted by Gasteiger charge is 2.47. The van der Waals surface area contributed by atoms with Crippen molar-refractivity contribution in [3.05, 3.63) is 24.8 Å². The number of aliphatic hydroxyl groups excluding tert-OH is 2. The summed E-state index contributed by atoms with van der Waals surface area (Å²) in [5.74, 6) is -0.978. The quantitative estimate of drug-likeness (QED) is 0.340. The first-order valence-electron chi connectivity index (χ1n) is 8.47. The van der Waals surface area contributed by atoms with Crippen LogP contribution in [0, 0.1) is 0 Å². The summed E-state index contributed by atoms with van der Waals surface area (Å²) >= 11 is 0. The Hall–Kier alpha value is -2.64. The molecule has 1 aliphatic rings. The minimum Gasteiger partial charge on any atom is -0.480 e. The maximum absolute atomic E-state index is 10.8. The zero-order chi connectivity index (χ0) is 20.4. The van der Waals surface area contributed by atoms with Crippen LogP contribution in [-0.2, 0) is 14.3 Å². The summed E-state index contributed by atoms with van der Waals surface area (Å²) in [5.41, 5.74) is 11.9. The van der Waals surface area contributed by atoms with Crippen LogP contribution in [0.3, 0.4) is 0 Å². The van der Waals surface area contributed by atoms with E-state index in [9.17, 15) is 15.0 Å². The minimum atomic E-state index is -1.28. The lowest BCUT2D eigenvalue weighted by Gasteiger charge is -2.23. The molecule has 152 valence electrons. The second-order valence-electron chi connectivity index (χ2n) is 6.36. The number of nitrogens with zero attached hydrogens (tertiary/aromatic N) is 4. The number of ether oxygens (including phenoxy) is 2. The first-order valence-corrected chi connectivity index (χ1v) is 8.47. The van der Waals surface area contributed by atoms with Crippen molar-refractivity contribution in [3.63, 3.8) is 0 Å². The van der Waals surface area contributed by atoms with E-state index in [0.29, 0.717) is 11.2 Å². The Balaban J connectivity index is 1.79. The Morgan fingerprint density at radius 1 is 1.39 bits per heavy atom. The van der Waals surface area contributed by atoms with Crippen LogP contribution in [0.15, 0.2) is 24.8 Å². The van der Waals surface area contributed by atoms with Crippen LogP contribution in [0.2, 0.25) is 0 Å². The van der Waals surface area contributed by atoms with E-state index in [1.807, 2.05) is 0 Å². The molecule has 28 heavy (non-hydrogen) atoms. The van der Waals surface area contributed by atoms with Gasteiger partial charge in [-0.25, -0.2) is 15.0 Å². The first kappa shape index (κ1) is 20.1. The fourth-order valence-corrected chi connectivity index (χ4v) is 3.09. The van der Waals surface area contributed by atoms with Gasteiger partial charge < -0.3 is 36.3 Å². The fraction of sp³-hybridized carbons (Fsp3) is 0.500. The van der Waals surface area contributed by atoms with Crippen LogP contribution in [-0.4, -0.2) is 78.4 Å². The van der Waals surface area contributed by atoms with Crippen molar-refractivity contribution >= 4 is 23.0 Å². The summed E-state index contributed by atoms with van der Waals surface area (Å²) in [4.78, 5) is 22.9. The monoisotopic (exact) mass is 394 g/mol. The smallest absolute Gasteiger partial charge is 0.324 e. The Labute approximate surface area is 159 Å². The topological polar surface area (TPSA) is 192 Å². The van der Waals surface area contributed by atoms with Gasteiger partial charge in [0, 0.05) is 7.11 Å². The number of anilines is 1. The van der Waals surface area contributed by atoms with Crippen molar-refractivity contribution in [1.29, 1.82) is 0 Å². The van der Waals surface area contributed by atoms with Crippen LogP contribution in [0.4, 0.5) is 5.82 Å². The molecule has 0 spiro atoms. The minimum absolute atomic E-state index is 0.183. The van der Waals surface area contributed by atoms with Crippen molar-refractivity contribution < 1.29 is 29.6 Å². The number of methoxy groups -OCH3 is 1. The molecule has 3 heterocycles. The molecule has 12 heteroatoms. The largest absolute Gasteiger partial charge is 0.480 e. The molecule has 0 aromatic carbocycles. The lowest BCUT2D eigenvalue weighted by atomic mass is 10.0. The molecule has 12 nitrogen and oxygen atoms in total. The number of carboxylic acids is 1. The van der Waals surface area contributed by atoms with Gasteiger partial charge in [-0.15, -0.1) is 0 Å². The predicted octanol–water partition coefficient (Wildman–Crippen LogP) is -1.60. The third-order valence-corrected chi connectivity index (χ3v) is 4.60. The third kappa shape index (κ3) is 3.68. The highest BCUT2D eigenvalue weighted by molar-refractivity contribution is 5.81. The molecule has 7 N–H and O–H groups in total. The third-order valence-electron chi connectivity index (χ3n) is 4.60. The van der Waals surface area contributed by atoms with Crippen LogP contribution in [0.25, 0.3) is 11.2 Å². The molecule has 3 rings (SSSR count). The number of rotatable bonds is 7. The Kier molecular flexibility index (Phi) is 5.86. The van der Waals surface area contributed by atoms with Crippen LogP contribution in [0.1, 0.15) is 12.6 Å². The van der Waals surface area contributed by atoms with E-state index in [1.165, 1.54) is 36.5 Å². The van der Waals surface area contributed by atoms with Crippen molar-refractivity contribution in [2.45, 2.75) is 43.1 Å². The molecule has 1 aliphatic heterocycles. The molecule has 0 radical (unpaired) electrons. The Morgan fingerprint density at radius 3 is 2.82 bits per heavy atom. The molecule has 0 aliphatic carbocycles. The van der Waals surface area contributed by atoms with Gasteiger partial charge >= 0.3 is 5.97 Å². The fourth-order valence-electron chi connectivity index (χ4n) is 3.09. The van der Waals surface area contributed by atoms with Crippen molar-refractivity contribution in [2.75, 3.05) is 12.8 Å². The average Bonchev–Trinajstić information content (AvgIpc) is 3.22. The van der Waals surface area contributed by atoms with E-state index < -0.39 is 42.7 Å². The SMILES string of the molecule is COC(CC=CC(N)C(=O)O)[C@H]1O[C@@H](n2cnc3c(N)ncnc32)[C@H](O)[C@@H]1O. The second kappa shape index (κ2) is 8.16. The molecule has 2 unspecified atom stereocenters. The van der Waals surface area contributed by atoms with Gasteiger partial charge in [0.2, 0.25) is 0 Å². The zero-order valence-electron chi connectivity index (χ0n) is 15.0. The number of aliphatic carboxylic acids is 1. The van der Waals surface area contributed by atoms with Gasteiger partial charge in [-0.2, -0.15) is 0 Å². The molecule has 1 fully saturated rings. The van der Waals surface area contributed by atoms with E-state index in [1.54, 1.807) is 0 Å². The van der Waals surface area contributed by atoms with Crippen LogP contribution >= 0.6 is 0 Å². The van der Waals surface area contributed by atoms with E-state index in [2.05, 4.69) is 15.0 Å². The van der Waals surface area contributed by atoms with E-state index >= 15 is 0 Å². The lowest BCUT2D eigenvalue weighted by Crippen LogP contribution is -2.39. The maximum atomic E-state index is 10.8. The van der Waals surface area contributed by atoms with Crippen LogP contribution < -0.4 is 11.5 Å². The standard InChI is InChI=1S/C16H22N6O6/c1-27-8(4-2-3-7(17)16(25)26)12-10(23)11(24)15(28-12)22-6-21-9-13(18)19-5-20-14(9)22/h2-3,5-8,10-12,15,23-24H,4,17H2,1H3,(H,25,26)(H2,18,19,20)/t7?,8?,10-,11+,12+,15+/m0/s1. The van der Waals surface area contributed by atoms with Gasteiger partial charge in [-0.05, 0) is 6.42 Å². The summed E-state index contributed by atoms with van der Waals surface area (Å²) in [6.45, 7) is 0. The molecular formula is C16H22N6O6. The molecular weight excluding hydrogens is 372 g/mol. The van der Waals surface area contributed by atoms with E-state index in [0.717, 1.165) is 0 Å². The predicted molar refractivity (Wildman–Crippen MR) is 95.8 cm³/mol. The number of fused-ring (bicyclic) bond motifs is 1. The maximum Gasteiger partial charge on any atom is 0.324 e. The van der Waals surface area contributed by atoms with Gasteiger partial charge in [0.05, 0.1) is 12.4 Å². The Bertz CT molecular complexity index is 872. The number of aromatic nitrogens is 4. The first-order chi connectivity index (χ1) is 13.3. The number of nitrogens with two attached hydrogens (primary N) is 2. The normalized spacial score (nSPS) is 27.4. The van der Waals surface area contributed by atoms with Gasteiger partial charge in [0.1, 0.15) is 36.2 Å². The van der Waals surface area contributed by atoms with E-state index in [-0.39, 0.29) is 12.2 Å². The summed E-state index contributed by atoms with van der Waals surface area (Å²) in [5, 5.41) is 29.8. The summed E-state index contributed by atoms with van der Waals surface area (Å²) in [6, 6.07) is -1.15. The molecule has 0 amide bonds. The van der Waals surface area contributed by atoms with Crippen molar-refractivity contribution in [1.82, 2.24) is 19.5 Å². The molecule has 0 saturated carbocycles. The number of imidazole rings is 1. The molecule has 0 bridgehead atoms.